The first kappa shape index (κ1) is 9.34. The minimum atomic E-state index is -0.122. The van der Waals surface area contributed by atoms with Gasteiger partial charge >= 0.3 is 0 Å². The molecule has 0 amide bonds. The first-order valence-corrected chi connectivity index (χ1v) is 5.99. The van der Waals surface area contributed by atoms with Crippen molar-refractivity contribution in [1.29, 1.82) is 0 Å². The number of hydrogen-bond acceptors (Lipinski definition) is 1. The molecule has 2 aliphatic rings. The van der Waals surface area contributed by atoms with Crippen molar-refractivity contribution in [2.24, 2.45) is 5.41 Å². The van der Waals surface area contributed by atoms with Gasteiger partial charge in [-0.3, -0.25) is 4.79 Å². The standard InChI is InChI=1S/C13H11BrO/c14-10-4-3-9-8-13(5-1-2-6-13)12(15)11(9)7-10/h1-4,7H,5-6,8H2. The second-order valence-electron chi connectivity index (χ2n) is 4.47. The van der Waals surface area contributed by atoms with E-state index in [1.807, 2.05) is 12.1 Å². The van der Waals surface area contributed by atoms with E-state index in [2.05, 4.69) is 34.1 Å². The lowest BCUT2D eigenvalue weighted by Gasteiger charge is -2.19. The first-order chi connectivity index (χ1) is 7.21. The molecule has 0 unspecified atom stereocenters. The third kappa shape index (κ3) is 1.24. The van der Waals surface area contributed by atoms with Gasteiger partial charge in [-0.1, -0.05) is 34.1 Å². The molecule has 3 rings (SSSR count). The van der Waals surface area contributed by atoms with E-state index in [4.69, 9.17) is 0 Å². The molecule has 1 aromatic carbocycles. The predicted molar refractivity (Wildman–Crippen MR) is 63.0 cm³/mol. The van der Waals surface area contributed by atoms with E-state index in [1.54, 1.807) is 0 Å². The highest BCUT2D eigenvalue weighted by atomic mass is 79.9. The van der Waals surface area contributed by atoms with Crippen LogP contribution in [-0.2, 0) is 6.42 Å². The number of fused-ring (bicyclic) bond motifs is 1. The Kier molecular flexibility index (Phi) is 1.90. The van der Waals surface area contributed by atoms with E-state index >= 15 is 0 Å². The van der Waals surface area contributed by atoms with Crippen molar-refractivity contribution in [1.82, 2.24) is 0 Å². The molecule has 1 nitrogen and oxygen atoms in total. The molecule has 1 spiro atoms. The Balaban J connectivity index is 2.09. The van der Waals surface area contributed by atoms with Crippen LogP contribution in [0.2, 0.25) is 0 Å². The van der Waals surface area contributed by atoms with Crippen LogP contribution in [-0.4, -0.2) is 5.78 Å². The summed E-state index contributed by atoms with van der Waals surface area (Å²) in [7, 11) is 0. The zero-order chi connectivity index (χ0) is 10.5. The third-order valence-corrected chi connectivity index (χ3v) is 4.00. The summed E-state index contributed by atoms with van der Waals surface area (Å²) in [6.07, 6.45) is 7.02. The summed E-state index contributed by atoms with van der Waals surface area (Å²) in [5.74, 6) is 0.337. The Bertz CT molecular complexity index is 465. The highest BCUT2D eigenvalue weighted by Gasteiger charge is 2.45. The fraction of sp³-hybridized carbons (Fsp3) is 0.308. The van der Waals surface area contributed by atoms with Crippen molar-refractivity contribution >= 4 is 21.7 Å². The average molecular weight is 263 g/mol. The maximum atomic E-state index is 12.3. The van der Waals surface area contributed by atoms with Gasteiger partial charge in [0.15, 0.2) is 5.78 Å². The van der Waals surface area contributed by atoms with Crippen LogP contribution < -0.4 is 0 Å². The molecule has 0 aromatic heterocycles. The van der Waals surface area contributed by atoms with Gasteiger partial charge in [0.05, 0.1) is 0 Å². The number of ketones is 1. The molecule has 0 radical (unpaired) electrons. The van der Waals surface area contributed by atoms with Gasteiger partial charge in [-0.25, -0.2) is 0 Å². The van der Waals surface area contributed by atoms with E-state index < -0.39 is 0 Å². The number of benzene rings is 1. The van der Waals surface area contributed by atoms with Crippen LogP contribution in [0.4, 0.5) is 0 Å². The molecule has 76 valence electrons. The Morgan fingerprint density at radius 1 is 1.20 bits per heavy atom. The van der Waals surface area contributed by atoms with E-state index in [-0.39, 0.29) is 5.41 Å². The SMILES string of the molecule is O=C1c2cc(Br)ccc2CC12CC=CC2. The van der Waals surface area contributed by atoms with Crippen LogP contribution in [0.1, 0.15) is 28.8 Å². The lowest BCUT2D eigenvalue weighted by Crippen LogP contribution is -2.24. The monoisotopic (exact) mass is 262 g/mol. The molecule has 0 saturated carbocycles. The van der Waals surface area contributed by atoms with Crippen LogP contribution in [0.5, 0.6) is 0 Å². The first-order valence-electron chi connectivity index (χ1n) is 5.20. The molecule has 2 aliphatic carbocycles. The van der Waals surface area contributed by atoms with Crippen LogP contribution in [0.25, 0.3) is 0 Å². The lowest BCUT2D eigenvalue weighted by molar-refractivity contribution is 0.0835. The van der Waals surface area contributed by atoms with Crippen molar-refractivity contribution < 1.29 is 4.79 Å². The molecule has 0 heterocycles. The van der Waals surface area contributed by atoms with Crippen molar-refractivity contribution in [3.05, 3.63) is 46.0 Å². The average Bonchev–Trinajstić information content (AvgIpc) is 2.78. The summed E-state index contributed by atoms with van der Waals surface area (Å²) in [6, 6.07) is 6.06. The van der Waals surface area contributed by atoms with E-state index in [0.29, 0.717) is 5.78 Å². The third-order valence-electron chi connectivity index (χ3n) is 3.51. The van der Waals surface area contributed by atoms with Gasteiger partial charge in [0.2, 0.25) is 0 Å². The summed E-state index contributed by atoms with van der Waals surface area (Å²) in [5, 5.41) is 0. The predicted octanol–water partition coefficient (Wildman–Crippen LogP) is 3.52. The van der Waals surface area contributed by atoms with Crippen molar-refractivity contribution in [3.8, 4) is 0 Å². The smallest absolute Gasteiger partial charge is 0.170 e. The molecule has 0 bridgehead atoms. The highest BCUT2D eigenvalue weighted by Crippen LogP contribution is 2.46. The largest absolute Gasteiger partial charge is 0.294 e. The summed E-state index contributed by atoms with van der Waals surface area (Å²) in [6.45, 7) is 0. The fourth-order valence-corrected chi connectivity index (χ4v) is 3.04. The zero-order valence-electron chi connectivity index (χ0n) is 8.29. The number of halogens is 1. The van der Waals surface area contributed by atoms with E-state index in [1.165, 1.54) is 5.56 Å². The molecular weight excluding hydrogens is 252 g/mol. The second-order valence-corrected chi connectivity index (χ2v) is 5.38. The van der Waals surface area contributed by atoms with E-state index in [0.717, 1.165) is 29.3 Å². The molecule has 1 aromatic rings. The topological polar surface area (TPSA) is 17.1 Å². The molecule has 0 fully saturated rings. The minimum absolute atomic E-state index is 0.122. The van der Waals surface area contributed by atoms with Crippen LogP contribution in [0.15, 0.2) is 34.8 Å². The number of carbonyl (C=O) groups excluding carboxylic acids is 1. The molecule has 0 aliphatic heterocycles. The summed E-state index contributed by atoms with van der Waals surface area (Å²) in [5.41, 5.74) is 2.02. The Labute approximate surface area is 97.3 Å². The van der Waals surface area contributed by atoms with Crippen LogP contribution in [0.3, 0.4) is 0 Å². The molecule has 0 saturated heterocycles. The Hall–Kier alpha value is -0.890. The van der Waals surface area contributed by atoms with Crippen LogP contribution >= 0.6 is 15.9 Å². The summed E-state index contributed by atoms with van der Waals surface area (Å²) in [4.78, 5) is 12.3. The normalized spacial score (nSPS) is 21.3. The number of rotatable bonds is 0. The molecule has 0 N–H and O–H groups in total. The number of hydrogen-bond donors (Lipinski definition) is 0. The van der Waals surface area contributed by atoms with Crippen molar-refractivity contribution in [3.63, 3.8) is 0 Å². The maximum absolute atomic E-state index is 12.3. The fourth-order valence-electron chi connectivity index (χ4n) is 2.68. The summed E-state index contributed by atoms with van der Waals surface area (Å²) >= 11 is 3.42. The molecule has 0 atom stereocenters. The van der Waals surface area contributed by atoms with Crippen molar-refractivity contribution in [2.75, 3.05) is 0 Å². The lowest BCUT2D eigenvalue weighted by atomic mass is 9.81. The van der Waals surface area contributed by atoms with Gasteiger partial charge in [0.1, 0.15) is 0 Å². The van der Waals surface area contributed by atoms with E-state index in [9.17, 15) is 4.79 Å². The van der Waals surface area contributed by atoms with Gasteiger partial charge < -0.3 is 0 Å². The summed E-state index contributed by atoms with van der Waals surface area (Å²) < 4.78 is 0.998. The van der Waals surface area contributed by atoms with Crippen LogP contribution in [0, 0.1) is 5.41 Å². The Morgan fingerprint density at radius 3 is 2.67 bits per heavy atom. The van der Waals surface area contributed by atoms with Gasteiger partial charge in [0.25, 0.3) is 0 Å². The number of allylic oxidation sites excluding steroid dienone is 2. The minimum Gasteiger partial charge on any atom is -0.294 e. The maximum Gasteiger partial charge on any atom is 0.170 e. The molecular formula is C13H11BrO. The highest BCUT2D eigenvalue weighted by molar-refractivity contribution is 9.10. The van der Waals surface area contributed by atoms with Gasteiger partial charge in [-0.2, -0.15) is 0 Å². The second kappa shape index (κ2) is 3.05. The van der Waals surface area contributed by atoms with Gasteiger partial charge in [0, 0.05) is 15.5 Å². The van der Waals surface area contributed by atoms with Gasteiger partial charge in [-0.15, -0.1) is 0 Å². The van der Waals surface area contributed by atoms with Gasteiger partial charge in [-0.05, 0) is 37.0 Å². The Morgan fingerprint density at radius 2 is 1.93 bits per heavy atom. The molecule has 2 heteroatoms. The molecule has 15 heavy (non-hydrogen) atoms. The number of carbonyl (C=O) groups is 1. The zero-order valence-corrected chi connectivity index (χ0v) is 9.88. The van der Waals surface area contributed by atoms with Crippen molar-refractivity contribution in [2.45, 2.75) is 19.3 Å². The quantitative estimate of drug-likeness (QED) is 0.654. The number of Topliss-reactive ketones (excluding diaryl/α,β-unsaturated/α-hetero) is 1.